The molecular weight excluding hydrogens is 150 g/mol. The lowest BCUT2D eigenvalue weighted by Crippen LogP contribution is -2.36. The zero-order valence-electron chi connectivity index (χ0n) is 6.30. The number of aliphatic hydroxyl groups excluding tert-OH is 2. The molecule has 4 atom stereocenters. The molecule has 0 spiro atoms. The molecule has 5 heteroatoms. The predicted octanol–water partition coefficient (Wildman–Crippen LogP) is -1.96. The Bertz CT molecular complexity index is 114. The lowest BCUT2D eigenvalue weighted by Gasteiger charge is -2.11. The van der Waals surface area contributed by atoms with Crippen LogP contribution in [0, 0.1) is 0 Å². The van der Waals surface area contributed by atoms with Gasteiger partial charge < -0.3 is 25.4 Å². The maximum Gasteiger partial charge on any atom is 0.186 e. The van der Waals surface area contributed by atoms with Crippen LogP contribution in [0.5, 0.6) is 0 Å². The van der Waals surface area contributed by atoms with E-state index in [-0.39, 0.29) is 6.54 Å². The highest BCUT2D eigenvalue weighted by Crippen LogP contribution is 2.20. The van der Waals surface area contributed by atoms with Crippen molar-refractivity contribution in [3.05, 3.63) is 0 Å². The number of ether oxygens (including phenoxy) is 2. The lowest BCUT2D eigenvalue weighted by atomic mass is 10.1. The Hall–Kier alpha value is -0.200. The van der Waals surface area contributed by atoms with E-state index in [1.807, 2.05) is 0 Å². The van der Waals surface area contributed by atoms with Gasteiger partial charge in [0.1, 0.15) is 18.3 Å². The fourth-order valence-corrected chi connectivity index (χ4v) is 1.10. The lowest BCUT2D eigenvalue weighted by molar-refractivity contribution is -0.147. The van der Waals surface area contributed by atoms with Gasteiger partial charge in [0.25, 0.3) is 0 Å². The van der Waals surface area contributed by atoms with E-state index in [0.717, 1.165) is 0 Å². The zero-order chi connectivity index (χ0) is 8.43. The molecule has 0 aromatic heterocycles. The average Bonchev–Trinajstić information content (AvgIpc) is 2.30. The molecule has 5 nitrogen and oxygen atoms in total. The van der Waals surface area contributed by atoms with Gasteiger partial charge in [0.2, 0.25) is 0 Å². The van der Waals surface area contributed by atoms with E-state index in [2.05, 4.69) is 0 Å². The monoisotopic (exact) mass is 163 g/mol. The molecule has 0 bridgehead atoms. The van der Waals surface area contributed by atoms with Gasteiger partial charge >= 0.3 is 0 Å². The Balaban J connectivity index is 2.53. The smallest absolute Gasteiger partial charge is 0.186 e. The van der Waals surface area contributed by atoms with Crippen molar-refractivity contribution >= 4 is 0 Å². The van der Waals surface area contributed by atoms with E-state index >= 15 is 0 Å². The van der Waals surface area contributed by atoms with Crippen molar-refractivity contribution in [3.63, 3.8) is 0 Å². The third-order valence-electron chi connectivity index (χ3n) is 1.78. The Morgan fingerprint density at radius 3 is 2.36 bits per heavy atom. The maximum absolute atomic E-state index is 9.22. The standard InChI is InChI=1S/C6H13NO4/c1-10-6-5(9)4(8)3(2-7)11-6/h3-6,8-9H,2,7H2,1H3/t3-,4-,5-,6+/m1/s1. The van der Waals surface area contributed by atoms with Gasteiger partial charge in [0.05, 0.1) is 0 Å². The van der Waals surface area contributed by atoms with Crippen LogP contribution < -0.4 is 5.73 Å². The number of methoxy groups -OCH3 is 1. The summed E-state index contributed by atoms with van der Waals surface area (Å²) >= 11 is 0. The van der Waals surface area contributed by atoms with Gasteiger partial charge in [-0.05, 0) is 0 Å². The summed E-state index contributed by atoms with van der Waals surface area (Å²) < 4.78 is 9.78. The highest BCUT2D eigenvalue weighted by atomic mass is 16.7. The second kappa shape index (κ2) is 3.46. The van der Waals surface area contributed by atoms with Crippen molar-refractivity contribution in [2.75, 3.05) is 13.7 Å². The van der Waals surface area contributed by atoms with E-state index in [0.29, 0.717) is 0 Å². The van der Waals surface area contributed by atoms with Crippen LogP contribution in [0.15, 0.2) is 0 Å². The normalized spacial score (nSPS) is 44.7. The first kappa shape index (κ1) is 8.89. The van der Waals surface area contributed by atoms with Crippen molar-refractivity contribution in [2.24, 2.45) is 5.73 Å². The van der Waals surface area contributed by atoms with Gasteiger partial charge in [-0.1, -0.05) is 0 Å². The molecule has 0 radical (unpaired) electrons. The number of aliphatic hydroxyl groups is 2. The first-order valence-corrected chi connectivity index (χ1v) is 3.45. The summed E-state index contributed by atoms with van der Waals surface area (Å²) in [7, 11) is 1.40. The molecule has 11 heavy (non-hydrogen) atoms. The Morgan fingerprint density at radius 1 is 1.45 bits per heavy atom. The van der Waals surface area contributed by atoms with Crippen molar-refractivity contribution < 1.29 is 19.7 Å². The summed E-state index contributed by atoms with van der Waals surface area (Å²) in [6.45, 7) is 0.179. The van der Waals surface area contributed by atoms with Crippen LogP contribution in [0.3, 0.4) is 0 Å². The van der Waals surface area contributed by atoms with Gasteiger partial charge in [-0.3, -0.25) is 0 Å². The molecule has 1 rings (SSSR count). The molecule has 0 aliphatic carbocycles. The largest absolute Gasteiger partial charge is 0.387 e. The first-order chi connectivity index (χ1) is 5.20. The van der Waals surface area contributed by atoms with Crippen LogP contribution in [0.25, 0.3) is 0 Å². The van der Waals surface area contributed by atoms with Gasteiger partial charge in [-0.15, -0.1) is 0 Å². The first-order valence-electron chi connectivity index (χ1n) is 3.45. The van der Waals surface area contributed by atoms with E-state index in [4.69, 9.17) is 15.2 Å². The second-order valence-electron chi connectivity index (χ2n) is 2.50. The van der Waals surface area contributed by atoms with Gasteiger partial charge in [-0.2, -0.15) is 0 Å². The Labute approximate surface area is 64.7 Å². The molecule has 1 fully saturated rings. The van der Waals surface area contributed by atoms with E-state index in [9.17, 15) is 10.2 Å². The van der Waals surface area contributed by atoms with E-state index < -0.39 is 24.6 Å². The average molecular weight is 163 g/mol. The molecule has 1 aliphatic rings. The molecule has 1 heterocycles. The summed E-state index contributed by atoms with van der Waals surface area (Å²) in [4.78, 5) is 0. The quantitative estimate of drug-likeness (QED) is 0.440. The summed E-state index contributed by atoms with van der Waals surface area (Å²) in [5.74, 6) is 0. The molecule has 0 amide bonds. The zero-order valence-corrected chi connectivity index (χ0v) is 6.30. The summed E-state index contributed by atoms with van der Waals surface area (Å²) in [5, 5.41) is 18.4. The molecular formula is C6H13NO4. The van der Waals surface area contributed by atoms with Crippen molar-refractivity contribution in [1.29, 1.82) is 0 Å². The van der Waals surface area contributed by atoms with Gasteiger partial charge in [0.15, 0.2) is 6.29 Å². The number of hydrogen-bond acceptors (Lipinski definition) is 5. The highest BCUT2D eigenvalue weighted by Gasteiger charge is 2.41. The predicted molar refractivity (Wildman–Crippen MR) is 36.7 cm³/mol. The van der Waals surface area contributed by atoms with Crippen LogP contribution >= 0.6 is 0 Å². The van der Waals surface area contributed by atoms with Crippen LogP contribution in [0.2, 0.25) is 0 Å². The molecule has 66 valence electrons. The van der Waals surface area contributed by atoms with Crippen LogP contribution in [-0.2, 0) is 9.47 Å². The fourth-order valence-electron chi connectivity index (χ4n) is 1.10. The highest BCUT2D eigenvalue weighted by molar-refractivity contribution is 4.86. The number of hydrogen-bond donors (Lipinski definition) is 3. The molecule has 1 aliphatic heterocycles. The Morgan fingerprint density at radius 2 is 2.09 bits per heavy atom. The summed E-state index contributed by atoms with van der Waals surface area (Å²) in [6.07, 6.45) is -3.20. The molecule has 0 unspecified atom stereocenters. The summed E-state index contributed by atoms with van der Waals surface area (Å²) in [6, 6.07) is 0. The SMILES string of the molecule is CO[C@H]1O[C@H](CN)[C@@H](O)[C@H]1O. The van der Waals surface area contributed by atoms with E-state index in [1.54, 1.807) is 0 Å². The summed E-state index contributed by atoms with van der Waals surface area (Å²) in [5.41, 5.74) is 5.25. The Kier molecular flexibility index (Phi) is 2.80. The molecule has 1 saturated heterocycles. The molecule has 0 saturated carbocycles. The number of rotatable bonds is 2. The maximum atomic E-state index is 9.22. The minimum absolute atomic E-state index is 0.179. The van der Waals surface area contributed by atoms with Gasteiger partial charge in [0, 0.05) is 13.7 Å². The third-order valence-corrected chi connectivity index (χ3v) is 1.78. The van der Waals surface area contributed by atoms with E-state index in [1.165, 1.54) is 7.11 Å². The molecule has 0 aromatic carbocycles. The third kappa shape index (κ3) is 1.52. The second-order valence-corrected chi connectivity index (χ2v) is 2.50. The minimum Gasteiger partial charge on any atom is -0.387 e. The molecule has 4 N–H and O–H groups in total. The minimum atomic E-state index is -0.992. The van der Waals surface area contributed by atoms with Crippen LogP contribution in [-0.4, -0.2) is 48.5 Å². The van der Waals surface area contributed by atoms with Crippen molar-refractivity contribution in [3.8, 4) is 0 Å². The molecule has 0 aromatic rings. The van der Waals surface area contributed by atoms with Crippen molar-refractivity contribution in [2.45, 2.75) is 24.6 Å². The van der Waals surface area contributed by atoms with Crippen LogP contribution in [0.1, 0.15) is 0 Å². The van der Waals surface area contributed by atoms with Gasteiger partial charge in [-0.25, -0.2) is 0 Å². The fraction of sp³-hybridized carbons (Fsp3) is 1.00. The van der Waals surface area contributed by atoms with Crippen LogP contribution in [0.4, 0.5) is 0 Å². The number of nitrogens with two attached hydrogens (primary N) is 1. The van der Waals surface area contributed by atoms with Crippen molar-refractivity contribution in [1.82, 2.24) is 0 Å². The topological polar surface area (TPSA) is 84.9 Å².